The van der Waals surface area contributed by atoms with Crippen LogP contribution in [0.4, 0.5) is 0 Å². The first kappa shape index (κ1) is 9.86. The predicted octanol–water partition coefficient (Wildman–Crippen LogP) is 1.87. The first-order chi connectivity index (χ1) is 6.08. The van der Waals surface area contributed by atoms with E-state index < -0.39 is 5.60 Å². The van der Waals surface area contributed by atoms with Gasteiger partial charge in [0.25, 0.3) is 0 Å². The van der Waals surface area contributed by atoms with Crippen LogP contribution in [0, 0.1) is 23.7 Å². The fourth-order valence-corrected chi connectivity index (χ4v) is 1.21. The highest BCUT2D eigenvalue weighted by atomic mass is 32.1. The van der Waals surface area contributed by atoms with E-state index in [2.05, 4.69) is 23.7 Å². The monoisotopic (exact) mass is 190 g/mol. The highest BCUT2D eigenvalue weighted by Gasteiger charge is 2.04. The van der Waals surface area contributed by atoms with Crippen molar-refractivity contribution in [1.29, 1.82) is 0 Å². The lowest BCUT2D eigenvalue weighted by atomic mass is 10.1. The van der Waals surface area contributed by atoms with Crippen LogP contribution in [0.5, 0.6) is 0 Å². The standard InChI is InChI=1S/C11H10OS/c1-11(2,12)7-4-3-5-10-6-8-13-9-10/h6,8-9,12H,1-2H3. The van der Waals surface area contributed by atoms with E-state index in [1.807, 2.05) is 16.8 Å². The fraction of sp³-hybridized carbons (Fsp3) is 0.273. The van der Waals surface area contributed by atoms with Crippen LogP contribution in [-0.2, 0) is 0 Å². The molecule has 0 unspecified atom stereocenters. The molecule has 1 rings (SSSR count). The van der Waals surface area contributed by atoms with Crippen molar-refractivity contribution in [3.05, 3.63) is 22.4 Å². The lowest BCUT2D eigenvalue weighted by Crippen LogP contribution is -2.14. The lowest BCUT2D eigenvalue weighted by molar-refractivity contribution is 0.143. The zero-order valence-electron chi connectivity index (χ0n) is 7.59. The van der Waals surface area contributed by atoms with Crippen LogP contribution in [0.2, 0.25) is 0 Å². The molecule has 0 aromatic carbocycles. The van der Waals surface area contributed by atoms with Crippen LogP contribution in [-0.4, -0.2) is 10.7 Å². The molecule has 1 heterocycles. The third-order valence-corrected chi connectivity index (χ3v) is 1.84. The van der Waals surface area contributed by atoms with Crippen molar-refractivity contribution in [3.63, 3.8) is 0 Å². The first-order valence-corrected chi connectivity index (χ1v) is 4.80. The van der Waals surface area contributed by atoms with Gasteiger partial charge in [0.15, 0.2) is 0 Å². The molecule has 66 valence electrons. The summed E-state index contributed by atoms with van der Waals surface area (Å²) in [7, 11) is 0. The van der Waals surface area contributed by atoms with Gasteiger partial charge in [-0.25, -0.2) is 0 Å². The van der Waals surface area contributed by atoms with Crippen molar-refractivity contribution in [2.45, 2.75) is 19.4 Å². The zero-order valence-corrected chi connectivity index (χ0v) is 8.40. The summed E-state index contributed by atoms with van der Waals surface area (Å²) in [6, 6.07) is 1.93. The Bertz CT molecular complexity index is 374. The molecule has 0 fully saturated rings. The van der Waals surface area contributed by atoms with E-state index in [0.29, 0.717) is 0 Å². The second-order valence-electron chi connectivity index (χ2n) is 3.07. The second-order valence-corrected chi connectivity index (χ2v) is 3.85. The number of hydrogen-bond donors (Lipinski definition) is 1. The van der Waals surface area contributed by atoms with Crippen LogP contribution in [0.1, 0.15) is 19.4 Å². The van der Waals surface area contributed by atoms with E-state index in [1.165, 1.54) is 0 Å². The Hall–Kier alpha value is -1.22. The molecule has 2 heteroatoms. The molecule has 1 aromatic heterocycles. The van der Waals surface area contributed by atoms with Gasteiger partial charge in [0, 0.05) is 10.9 Å². The number of rotatable bonds is 0. The molecule has 1 N–H and O–H groups in total. The number of hydrogen-bond acceptors (Lipinski definition) is 2. The quantitative estimate of drug-likeness (QED) is 0.619. The number of aliphatic hydroxyl groups is 1. The average molecular weight is 190 g/mol. The molecule has 0 bridgehead atoms. The van der Waals surface area contributed by atoms with Gasteiger partial charge in [-0.3, -0.25) is 0 Å². The summed E-state index contributed by atoms with van der Waals surface area (Å²) in [6.07, 6.45) is 0. The van der Waals surface area contributed by atoms with Crippen LogP contribution in [0.15, 0.2) is 16.8 Å². The van der Waals surface area contributed by atoms with Gasteiger partial charge >= 0.3 is 0 Å². The molecule has 13 heavy (non-hydrogen) atoms. The fourth-order valence-electron chi connectivity index (χ4n) is 0.623. The zero-order chi connectivity index (χ0) is 9.73. The third-order valence-electron chi connectivity index (χ3n) is 1.16. The van der Waals surface area contributed by atoms with Crippen molar-refractivity contribution in [1.82, 2.24) is 0 Å². The maximum atomic E-state index is 9.24. The largest absolute Gasteiger partial charge is 0.378 e. The van der Waals surface area contributed by atoms with Gasteiger partial charge in [-0.1, -0.05) is 11.8 Å². The molecule has 0 amide bonds. The van der Waals surface area contributed by atoms with Crippen LogP contribution in [0.25, 0.3) is 0 Å². The Labute approximate surface area is 82.4 Å². The molecule has 0 spiro atoms. The van der Waals surface area contributed by atoms with Crippen molar-refractivity contribution >= 4 is 11.3 Å². The molecule has 1 nitrogen and oxygen atoms in total. The highest BCUT2D eigenvalue weighted by Crippen LogP contribution is 2.02. The number of thiophene rings is 1. The molecule has 0 aliphatic rings. The van der Waals surface area contributed by atoms with Gasteiger partial charge in [0.2, 0.25) is 0 Å². The van der Waals surface area contributed by atoms with E-state index in [0.717, 1.165) is 5.56 Å². The SMILES string of the molecule is CC(C)(O)C#CC#Cc1ccsc1. The summed E-state index contributed by atoms with van der Waals surface area (Å²) in [5.41, 5.74) is 0.0126. The van der Waals surface area contributed by atoms with E-state index >= 15 is 0 Å². The van der Waals surface area contributed by atoms with Gasteiger partial charge in [0.05, 0.1) is 0 Å². The average Bonchev–Trinajstić information content (AvgIpc) is 2.48. The summed E-state index contributed by atoms with van der Waals surface area (Å²) in [4.78, 5) is 0. The molecular formula is C11H10OS. The van der Waals surface area contributed by atoms with Crippen molar-refractivity contribution in [2.24, 2.45) is 0 Å². The maximum absolute atomic E-state index is 9.24. The molecule has 0 radical (unpaired) electrons. The molecule has 0 aliphatic carbocycles. The molecule has 1 aromatic rings. The minimum Gasteiger partial charge on any atom is -0.378 e. The topological polar surface area (TPSA) is 20.2 Å². The van der Waals surface area contributed by atoms with Crippen molar-refractivity contribution < 1.29 is 5.11 Å². The smallest absolute Gasteiger partial charge is 0.120 e. The Morgan fingerprint density at radius 3 is 2.69 bits per heavy atom. The van der Waals surface area contributed by atoms with E-state index in [9.17, 15) is 5.11 Å². The predicted molar refractivity (Wildman–Crippen MR) is 55.3 cm³/mol. The van der Waals surface area contributed by atoms with Gasteiger partial charge in [-0.2, -0.15) is 11.3 Å². The van der Waals surface area contributed by atoms with E-state index in [4.69, 9.17) is 0 Å². The Morgan fingerprint density at radius 1 is 1.38 bits per heavy atom. The maximum Gasteiger partial charge on any atom is 0.120 e. The molecule has 0 saturated heterocycles. The Kier molecular flexibility index (Phi) is 3.14. The van der Waals surface area contributed by atoms with Crippen LogP contribution >= 0.6 is 11.3 Å². The molecule has 0 saturated carbocycles. The second kappa shape index (κ2) is 4.14. The van der Waals surface area contributed by atoms with Crippen molar-refractivity contribution in [2.75, 3.05) is 0 Å². The Morgan fingerprint density at radius 2 is 2.15 bits per heavy atom. The summed E-state index contributed by atoms with van der Waals surface area (Å²) in [5.74, 6) is 10.8. The van der Waals surface area contributed by atoms with Gasteiger partial charge in [-0.15, -0.1) is 0 Å². The van der Waals surface area contributed by atoms with Crippen molar-refractivity contribution in [3.8, 4) is 23.7 Å². The summed E-state index contributed by atoms with van der Waals surface area (Å²) >= 11 is 1.60. The lowest BCUT2D eigenvalue weighted by Gasteiger charge is -2.04. The molecule has 0 atom stereocenters. The summed E-state index contributed by atoms with van der Waals surface area (Å²) in [6.45, 7) is 3.26. The minimum absolute atomic E-state index is 0.955. The normalized spacial score (nSPS) is 9.46. The highest BCUT2D eigenvalue weighted by molar-refractivity contribution is 7.08. The van der Waals surface area contributed by atoms with Gasteiger partial charge < -0.3 is 5.11 Å². The van der Waals surface area contributed by atoms with E-state index in [1.54, 1.807) is 25.2 Å². The minimum atomic E-state index is -0.955. The summed E-state index contributed by atoms with van der Waals surface area (Å²) in [5, 5.41) is 13.2. The van der Waals surface area contributed by atoms with Crippen LogP contribution < -0.4 is 0 Å². The first-order valence-electron chi connectivity index (χ1n) is 3.86. The van der Waals surface area contributed by atoms with Gasteiger partial charge in [0.1, 0.15) is 5.60 Å². The van der Waals surface area contributed by atoms with Crippen LogP contribution in [0.3, 0.4) is 0 Å². The molecular weight excluding hydrogens is 180 g/mol. The van der Waals surface area contributed by atoms with E-state index in [-0.39, 0.29) is 0 Å². The third kappa shape index (κ3) is 4.38. The summed E-state index contributed by atoms with van der Waals surface area (Å²) < 4.78 is 0. The molecule has 0 aliphatic heterocycles. The van der Waals surface area contributed by atoms with Gasteiger partial charge in [-0.05, 0) is 37.1 Å². The Balaban J connectivity index is 2.64.